The van der Waals surface area contributed by atoms with E-state index in [1.54, 1.807) is 42.6 Å². The molecule has 0 radical (unpaired) electrons. The number of rotatable bonds is 10. The van der Waals surface area contributed by atoms with Crippen molar-refractivity contribution in [3.05, 3.63) is 154 Å². The number of pyridine rings is 1. The molecule has 0 spiro atoms. The van der Waals surface area contributed by atoms with Crippen molar-refractivity contribution >= 4 is 29.5 Å². The molecule has 4 atom stereocenters. The molecule has 0 saturated carbocycles. The Morgan fingerprint density at radius 3 is 2.10 bits per heavy atom. The molecule has 7 rings (SSSR count). The zero-order valence-corrected chi connectivity index (χ0v) is 28.0. The highest BCUT2D eigenvalue weighted by molar-refractivity contribution is 7.99. The minimum absolute atomic E-state index is 0.0594. The van der Waals surface area contributed by atoms with Crippen LogP contribution in [0.15, 0.2) is 120 Å². The first-order valence-corrected chi connectivity index (χ1v) is 17.3. The lowest BCUT2D eigenvalue weighted by molar-refractivity contribution is -0.268. The summed E-state index contributed by atoms with van der Waals surface area (Å²) in [5, 5.41) is 19.7. The lowest BCUT2D eigenvalue weighted by atomic mass is 9.91. The molecule has 0 unspecified atom stereocenters. The zero-order valence-electron chi connectivity index (χ0n) is 27.1. The number of ether oxygens (including phenoxy) is 2. The lowest BCUT2D eigenvalue weighted by Gasteiger charge is -2.41. The van der Waals surface area contributed by atoms with Crippen LogP contribution in [-0.2, 0) is 22.6 Å². The highest BCUT2D eigenvalue weighted by Crippen LogP contribution is 2.43. The van der Waals surface area contributed by atoms with E-state index < -0.39 is 12.3 Å². The van der Waals surface area contributed by atoms with Crippen LogP contribution in [0.5, 0.6) is 0 Å². The summed E-state index contributed by atoms with van der Waals surface area (Å²) in [7, 11) is 0. The van der Waals surface area contributed by atoms with Crippen LogP contribution in [0.1, 0.15) is 72.6 Å². The molecule has 10 heteroatoms. The number of aromatic nitrogens is 1. The fraction of sp³-hybridized carbons (Fsp3) is 0.200. The van der Waals surface area contributed by atoms with E-state index in [0.29, 0.717) is 21.9 Å². The fourth-order valence-corrected chi connectivity index (χ4v) is 7.60. The summed E-state index contributed by atoms with van der Waals surface area (Å²) in [4.78, 5) is 43.6. The van der Waals surface area contributed by atoms with E-state index in [4.69, 9.17) is 9.47 Å². The number of amides is 2. The van der Waals surface area contributed by atoms with Crippen molar-refractivity contribution in [2.24, 2.45) is 5.92 Å². The Labute approximate surface area is 293 Å². The summed E-state index contributed by atoms with van der Waals surface area (Å²) in [6, 6.07) is 33.3. The van der Waals surface area contributed by atoms with Crippen LogP contribution in [0, 0.1) is 5.92 Å². The molecule has 2 amide bonds. The van der Waals surface area contributed by atoms with Crippen molar-refractivity contribution in [1.82, 2.24) is 9.88 Å². The largest absolute Gasteiger partial charge is 0.478 e. The molecular formula is C40H34N2O7S. The van der Waals surface area contributed by atoms with Crippen LogP contribution in [-0.4, -0.2) is 49.7 Å². The number of carboxylic acid groups (broad SMARTS) is 1. The number of aliphatic hydroxyl groups excluding tert-OH is 1. The van der Waals surface area contributed by atoms with Gasteiger partial charge in [0.25, 0.3) is 11.8 Å². The van der Waals surface area contributed by atoms with Crippen molar-refractivity contribution < 1.29 is 34.1 Å². The summed E-state index contributed by atoms with van der Waals surface area (Å²) in [5.74, 6) is -1.28. The van der Waals surface area contributed by atoms with Gasteiger partial charge in [-0.1, -0.05) is 91.9 Å². The first kappa shape index (κ1) is 33.4. The maximum atomic E-state index is 13.1. The quantitative estimate of drug-likeness (QED) is 0.115. The minimum atomic E-state index is -1.04. The number of aliphatic hydroxyl groups is 1. The van der Waals surface area contributed by atoms with Crippen molar-refractivity contribution in [3.63, 3.8) is 0 Å². The highest BCUT2D eigenvalue weighted by Gasteiger charge is 2.39. The zero-order chi connectivity index (χ0) is 34.8. The Hall–Kier alpha value is -5.13. The molecule has 2 aliphatic rings. The second kappa shape index (κ2) is 14.4. The lowest BCUT2D eigenvalue weighted by Crippen LogP contribution is -2.38. The Balaban J connectivity index is 1.14. The van der Waals surface area contributed by atoms with Crippen molar-refractivity contribution in [1.29, 1.82) is 0 Å². The first-order valence-electron chi connectivity index (χ1n) is 16.3. The molecule has 4 aromatic carbocycles. The monoisotopic (exact) mass is 686 g/mol. The second-order valence-corrected chi connectivity index (χ2v) is 13.3. The standard InChI is InChI=1S/C40H34N2O7S/c1-24-34(23-50-36-33(39(46)47)11-6-20-41-36)48-40(49-35(24)27-14-12-25(22-43)13-15-27)28-18-16-26(17-19-28)30-8-3-2-7-29(30)21-42-37(44)31-9-4-5-10-32(31)38(42)45/h2-20,24,34-35,40,43H,21-23H2,1H3,(H,46,47)/t24-,34+,35+,40+/m1/s1. The number of fused-ring (bicyclic) bond motifs is 1. The molecular weight excluding hydrogens is 653 g/mol. The van der Waals surface area contributed by atoms with Gasteiger partial charge in [0.1, 0.15) is 5.03 Å². The number of carbonyl (C=O) groups excluding carboxylic acids is 2. The van der Waals surface area contributed by atoms with Gasteiger partial charge in [-0.15, -0.1) is 11.8 Å². The van der Waals surface area contributed by atoms with E-state index in [1.165, 1.54) is 16.7 Å². The molecule has 0 aliphatic carbocycles. The summed E-state index contributed by atoms with van der Waals surface area (Å²) in [5.41, 5.74) is 6.17. The molecule has 50 heavy (non-hydrogen) atoms. The Kier molecular flexibility index (Phi) is 9.60. The SMILES string of the molecule is C[C@@H]1[C@H](CSc2ncccc2C(=O)O)O[C@H](c2ccc(-c3ccccc3CN3C(=O)c4ccccc4C3=O)cc2)O[C@@H]1c1ccc(CO)cc1. The average Bonchev–Trinajstić information content (AvgIpc) is 3.39. The van der Waals surface area contributed by atoms with Crippen LogP contribution >= 0.6 is 11.8 Å². The van der Waals surface area contributed by atoms with Gasteiger partial charge in [-0.3, -0.25) is 14.5 Å². The van der Waals surface area contributed by atoms with E-state index >= 15 is 0 Å². The van der Waals surface area contributed by atoms with Gasteiger partial charge in [-0.25, -0.2) is 9.78 Å². The molecule has 3 heterocycles. The third-order valence-electron chi connectivity index (χ3n) is 9.23. The fourth-order valence-electron chi connectivity index (χ4n) is 6.45. The molecule has 252 valence electrons. The maximum Gasteiger partial charge on any atom is 0.338 e. The minimum Gasteiger partial charge on any atom is -0.478 e. The Bertz CT molecular complexity index is 2020. The van der Waals surface area contributed by atoms with E-state index in [-0.39, 0.29) is 48.7 Å². The maximum absolute atomic E-state index is 13.1. The molecule has 0 bridgehead atoms. The van der Waals surface area contributed by atoms with Crippen LogP contribution in [0.4, 0.5) is 0 Å². The van der Waals surface area contributed by atoms with E-state index in [1.807, 2.05) is 72.8 Å². The average molecular weight is 687 g/mol. The molecule has 1 saturated heterocycles. The molecule has 9 nitrogen and oxygen atoms in total. The number of aromatic carboxylic acids is 1. The third-order valence-corrected chi connectivity index (χ3v) is 10.3. The van der Waals surface area contributed by atoms with Gasteiger partial charge in [0, 0.05) is 23.4 Å². The smallest absolute Gasteiger partial charge is 0.338 e. The summed E-state index contributed by atoms with van der Waals surface area (Å²) in [6.07, 6.45) is 0.209. The topological polar surface area (TPSA) is 126 Å². The number of thioether (sulfide) groups is 1. The van der Waals surface area contributed by atoms with Crippen molar-refractivity contribution in [2.75, 3.05) is 5.75 Å². The van der Waals surface area contributed by atoms with Crippen LogP contribution < -0.4 is 0 Å². The number of nitrogens with zero attached hydrogens (tertiary/aromatic N) is 2. The normalized spacial score (nSPS) is 20.2. The number of hydrogen-bond donors (Lipinski definition) is 2. The van der Waals surface area contributed by atoms with E-state index in [9.17, 15) is 24.6 Å². The number of imide groups is 1. The molecule has 1 fully saturated rings. The summed E-state index contributed by atoms with van der Waals surface area (Å²) < 4.78 is 13.2. The van der Waals surface area contributed by atoms with Crippen LogP contribution in [0.3, 0.4) is 0 Å². The number of carboxylic acids is 1. The van der Waals surface area contributed by atoms with E-state index in [0.717, 1.165) is 33.4 Å². The Morgan fingerprint density at radius 1 is 0.800 bits per heavy atom. The third kappa shape index (κ3) is 6.58. The molecule has 1 aromatic heterocycles. The molecule has 2 N–H and O–H groups in total. The van der Waals surface area contributed by atoms with Gasteiger partial charge < -0.3 is 19.7 Å². The van der Waals surface area contributed by atoms with Crippen LogP contribution in [0.2, 0.25) is 0 Å². The van der Waals surface area contributed by atoms with Gasteiger partial charge in [0.05, 0.1) is 42.0 Å². The number of hydrogen-bond acceptors (Lipinski definition) is 8. The molecule has 2 aliphatic heterocycles. The van der Waals surface area contributed by atoms with Gasteiger partial charge >= 0.3 is 5.97 Å². The van der Waals surface area contributed by atoms with E-state index in [2.05, 4.69) is 11.9 Å². The Morgan fingerprint density at radius 2 is 1.44 bits per heavy atom. The summed E-state index contributed by atoms with van der Waals surface area (Å²) >= 11 is 1.34. The number of carbonyl (C=O) groups is 3. The second-order valence-electron chi connectivity index (χ2n) is 12.3. The van der Waals surface area contributed by atoms with Gasteiger partial charge in [0.2, 0.25) is 0 Å². The van der Waals surface area contributed by atoms with Crippen molar-refractivity contribution in [3.8, 4) is 11.1 Å². The highest BCUT2D eigenvalue weighted by atomic mass is 32.2. The molecule has 5 aromatic rings. The van der Waals surface area contributed by atoms with Crippen LogP contribution in [0.25, 0.3) is 11.1 Å². The van der Waals surface area contributed by atoms with Crippen molar-refractivity contribution in [2.45, 2.75) is 43.6 Å². The number of benzene rings is 4. The van der Waals surface area contributed by atoms with Gasteiger partial charge in [-0.2, -0.15) is 0 Å². The first-order chi connectivity index (χ1) is 24.3. The summed E-state index contributed by atoms with van der Waals surface area (Å²) in [6.45, 7) is 2.14. The van der Waals surface area contributed by atoms with Gasteiger partial charge in [0.15, 0.2) is 6.29 Å². The predicted octanol–water partition coefficient (Wildman–Crippen LogP) is 7.32. The predicted molar refractivity (Wildman–Crippen MR) is 187 cm³/mol. The van der Waals surface area contributed by atoms with Gasteiger partial charge in [-0.05, 0) is 52.1 Å².